The van der Waals surface area contributed by atoms with Crippen LogP contribution in [0, 0.1) is 28.6 Å². The van der Waals surface area contributed by atoms with Crippen molar-refractivity contribution in [3.05, 3.63) is 29.3 Å². The topological polar surface area (TPSA) is 82.5 Å². The minimum absolute atomic E-state index is 0.145. The molecule has 0 radical (unpaired) electrons. The van der Waals surface area contributed by atoms with E-state index in [1.54, 1.807) is 0 Å². The number of hydrogen-bond acceptors (Lipinski definition) is 7. The molecule has 0 unspecified atom stereocenters. The molecule has 7 nitrogen and oxygen atoms in total. The lowest BCUT2D eigenvalue weighted by Gasteiger charge is -2.29. The number of likely N-dealkylation sites (tertiary alicyclic amines) is 1. The van der Waals surface area contributed by atoms with Crippen molar-refractivity contribution in [2.45, 2.75) is 26.3 Å². The SMILES string of the molecule is CC1CCN(Cc2ccc(N(C)CCN3CCNC3=C(C#N)C#N)o2)CC1. The Morgan fingerprint density at radius 2 is 2.00 bits per heavy atom. The fraction of sp³-hybridized carbons (Fsp3) is 0.600. The van der Waals surface area contributed by atoms with Crippen LogP contribution in [0.25, 0.3) is 0 Å². The van der Waals surface area contributed by atoms with Crippen molar-refractivity contribution in [3.8, 4) is 12.1 Å². The lowest BCUT2D eigenvalue weighted by atomic mass is 9.99. The van der Waals surface area contributed by atoms with Gasteiger partial charge in [0.15, 0.2) is 11.5 Å². The van der Waals surface area contributed by atoms with E-state index in [9.17, 15) is 0 Å². The van der Waals surface area contributed by atoms with E-state index in [2.05, 4.69) is 33.0 Å². The van der Waals surface area contributed by atoms with Crippen molar-refractivity contribution in [3.63, 3.8) is 0 Å². The number of nitrogens with zero attached hydrogens (tertiary/aromatic N) is 5. The van der Waals surface area contributed by atoms with E-state index in [0.29, 0.717) is 5.82 Å². The summed E-state index contributed by atoms with van der Waals surface area (Å²) >= 11 is 0. The average molecular weight is 368 g/mol. The standard InChI is InChI=1S/C20H28N6O/c1-16-5-8-25(9-6-16)15-18-3-4-19(27-18)24(2)11-12-26-10-7-23-20(26)17(13-21)14-22/h3-4,16,23H,5-12,15H2,1-2H3. The van der Waals surface area contributed by atoms with Crippen LogP contribution >= 0.6 is 0 Å². The second-order valence-electron chi connectivity index (χ2n) is 7.48. The van der Waals surface area contributed by atoms with Gasteiger partial charge in [0.1, 0.15) is 23.7 Å². The van der Waals surface area contributed by atoms with Crippen molar-refractivity contribution in [1.29, 1.82) is 10.5 Å². The fourth-order valence-corrected chi connectivity index (χ4v) is 3.61. The zero-order valence-corrected chi connectivity index (χ0v) is 16.2. The van der Waals surface area contributed by atoms with E-state index >= 15 is 0 Å². The van der Waals surface area contributed by atoms with Gasteiger partial charge in [-0.25, -0.2) is 0 Å². The van der Waals surface area contributed by atoms with E-state index in [0.717, 1.165) is 63.4 Å². The molecule has 0 spiro atoms. The minimum atomic E-state index is 0.145. The number of hydrogen-bond donors (Lipinski definition) is 1. The predicted octanol–water partition coefficient (Wildman–Crippen LogP) is 2.11. The number of anilines is 1. The van der Waals surface area contributed by atoms with Crippen molar-refractivity contribution in [2.75, 3.05) is 51.2 Å². The Bertz CT molecular complexity index is 731. The monoisotopic (exact) mass is 368 g/mol. The van der Waals surface area contributed by atoms with Gasteiger partial charge in [-0.2, -0.15) is 10.5 Å². The maximum Gasteiger partial charge on any atom is 0.195 e. The summed E-state index contributed by atoms with van der Waals surface area (Å²) in [6.07, 6.45) is 2.53. The summed E-state index contributed by atoms with van der Waals surface area (Å²) in [6.45, 7) is 8.52. The molecule has 0 amide bonds. The van der Waals surface area contributed by atoms with E-state index in [-0.39, 0.29) is 5.57 Å². The molecule has 2 saturated heterocycles. The molecule has 2 aliphatic rings. The third kappa shape index (κ3) is 4.75. The Morgan fingerprint density at radius 3 is 2.70 bits per heavy atom. The minimum Gasteiger partial charge on any atom is -0.444 e. The number of nitrogens with one attached hydrogen (secondary N) is 1. The Kier molecular flexibility index (Phi) is 6.26. The highest BCUT2D eigenvalue weighted by atomic mass is 16.4. The van der Waals surface area contributed by atoms with Crippen LogP contribution in [0.2, 0.25) is 0 Å². The van der Waals surface area contributed by atoms with Gasteiger partial charge in [-0.1, -0.05) is 6.92 Å². The van der Waals surface area contributed by atoms with Gasteiger partial charge >= 0.3 is 0 Å². The third-order valence-electron chi connectivity index (χ3n) is 5.44. The second-order valence-corrected chi connectivity index (χ2v) is 7.48. The highest BCUT2D eigenvalue weighted by Gasteiger charge is 2.21. The van der Waals surface area contributed by atoms with Crippen LogP contribution in [0.1, 0.15) is 25.5 Å². The Morgan fingerprint density at radius 1 is 1.26 bits per heavy atom. The molecule has 2 aliphatic heterocycles. The normalized spacial score (nSPS) is 18.1. The average Bonchev–Trinajstić information content (AvgIpc) is 3.33. The lowest BCUT2D eigenvalue weighted by Crippen LogP contribution is -2.32. The van der Waals surface area contributed by atoms with Crippen LogP contribution in [0.15, 0.2) is 27.9 Å². The second kappa shape index (κ2) is 8.83. The summed E-state index contributed by atoms with van der Waals surface area (Å²) in [5.74, 6) is 3.34. The van der Waals surface area contributed by atoms with Gasteiger partial charge in [0, 0.05) is 39.3 Å². The molecule has 0 atom stereocenters. The molecule has 3 rings (SSSR count). The first-order valence-corrected chi connectivity index (χ1v) is 9.66. The zero-order chi connectivity index (χ0) is 19.2. The number of furan rings is 1. The number of nitriles is 2. The summed E-state index contributed by atoms with van der Waals surface area (Å²) in [6, 6.07) is 8.02. The van der Waals surface area contributed by atoms with Gasteiger partial charge in [-0.15, -0.1) is 0 Å². The molecular weight excluding hydrogens is 340 g/mol. The van der Waals surface area contributed by atoms with Gasteiger partial charge in [-0.3, -0.25) is 4.90 Å². The molecule has 1 aromatic rings. The summed E-state index contributed by atoms with van der Waals surface area (Å²) < 4.78 is 6.04. The first-order chi connectivity index (χ1) is 13.1. The van der Waals surface area contributed by atoms with E-state index in [4.69, 9.17) is 14.9 Å². The quantitative estimate of drug-likeness (QED) is 0.770. The summed E-state index contributed by atoms with van der Waals surface area (Å²) in [7, 11) is 2.01. The molecule has 0 aromatic carbocycles. The van der Waals surface area contributed by atoms with Crippen LogP contribution in [0.5, 0.6) is 0 Å². The van der Waals surface area contributed by atoms with Gasteiger partial charge in [0.25, 0.3) is 0 Å². The molecule has 2 fully saturated rings. The Hall–Kier alpha value is -2.64. The largest absolute Gasteiger partial charge is 0.444 e. The van der Waals surface area contributed by atoms with Gasteiger partial charge in [-0.05, 0) is 37.9 Å². The van der Waals surface area contributed by atoms with E-state index < -0.39 is 0 Å². The molecule has 144 valence electrons. The predicted molar refractivity (Wildman–Crippen MR) is 103 cm³/mol. The lowest BCUT2D eigenvalue weighted by molar-refractivity contribution is 0.174. The summed E-state index contributed by atoms with van der Waals surface area (Å²) in [5.41, 5.74) is 0.145. The first kappa shape index (κ1) is 19.1. The van der Waals surface area contributed by atoms with E-state index in [1.165, 1.54) is 12.8 Å². The van der Waals surface area contributed by atoms with Crippen LogP contribution < -0.4 is 10.2 Å². The third-order valence-corrected chi connectivity index (χ3v) is 5.44. The molecule has 3 heterocycles. The van der Waals surface area contributed by atoms with Crippen molar-refractivity contribution in [1.82, 2.24) is 15.1 Å². The number of likely N-dealkylation sites (N-methyl/N-ethyl adjacent to an activating group) is 1. The molecule has 1 N–H and O–H groups in total. The molecule has 0 aliphatic carbocycles. The van der Waals surface area contributed by atoms with Crippen LogP contribution in [-0.4, -0.2) is 56.1 Å². The summed E-state index contributed by atoms with van der Waals surface area (Å²) in [4.78, 5) is 6.59. The van der Waals surface area contributed by atoms with E-state index in [1.807, 2.05) is 25.3 Å². The molecule has 27 heavy (non-hydrogen) atoms. The van der Waals surface area contributed by atoms with Crippen molar-refractivity contribution in [2.24, 2.45) is 5.92 Å². The Labute approximate surface area is 161 Å². The highest BCUT2D eigenvalue weighted by molar-refractivity contribution is 5.40. The van der Waals surface area contributed by atoms with Crippen LogP contribution in [0.3, 0.4) is 0 Å². The van der Waals surface area contributed by atoms with Crippen LogP contribution in [0.4, 0.5) is 5.88 Å². The van der Waals surface area contributed by atoms with Crippen LogP contribution in [-0.2, 0) is 6.54 Å². The molecule has 0 saturated carbocycles. The smallest absolute Gasteiger partial charge is 0.195 e. The number of rotatable bonds is 6. The molecule has 1 aromatic heterocycles. The summed E-state index contributed by atoms with van der Waals surface area (Å²) in [5, 5.41) is 21.3. The number of allylic oxidation sites excluding steroid dienone is 1. The fourth-order valence-electron chi connectivity index (χ4n) is 3.61. The highest BCUT2D eigenvalue weighted by Crippen LogP contribution is 2.22. The van der Waals surface area contributed by atoms with Gasteiger partial charge in [0.05, 0.1) is 6.54 Å². The maximum absolute atomic E-state index is 9.09. The molecule has 7 heteroatoms. The first-order valence-electron chi connectivity index (χ1n) is 9.66. The molecular formula is C20H28N6O. The van der Waals surface area contributed by atoms with Crippen molar-refractivity contribution < 1.29 is 4.42 Å². The Balaban J connectivity index is 1.52. The number of piperidine rings is 1. The zero-order valence-electron chi connectivity index (χ0n) is 16.2. The van der Waals surface area contributed by atoms with Gasteiger partial charge in [0.2, 0.25) is 0 Å². The van der Waals surface area contributed by atoms with Gasteiger partial charge < -0.3 is 19.5 Å². The molecule has 0 bridgehead atoms. The maximum atomic E-state index is 9.09. The van der Waals surface area contributed by atoms with Crippen molar-refractivity contribution >= 4 is 5.88 Å².